The summed E-state index contributed by atoms with van der Waals surface area (Å²) in [7, 11) is -4.17. The molecule has 0 rings (SSSR count). The molecule has 0 aliphatic carbocycles. The van der Waals surface area contributed by atoms with Crippen LogP contribution in [0.4, 0.5) is 0 Å². The van der Waals surface area contributed by atoms with Crippen LogP contribution in [0.15, 0.2) is 25.3 Å². The van der Waals surface area contributed by atoms with Crippen LogP contribution in [-0.2, 0) is 14.6 Å². The van der Waals surface area contributed by atoms with Crippen molar-refractivity contribution in [3.8, 4) is 0 Å². The van der Waals surface area contributed by atoms with Crippen molar-refractivity contribution in [2.45, 2.75) is 19.8 Å². The van der Waals surface area contributed by atoms with Gasteiger partial charge in [-0.15, -0.1) is 13.2 Å². The van der Waals surface area contributed by atoms with Crippen LogP contribution in [0.1, 0.15) is 19.8 Å². The number of hydrogen-bond acceptors (Lipinski definition) is 5. The molecule has 114 valence electrons. The van der Waals surface area contributed by atoms with E-state index in [0.717, 1.165) is 19.4 Å². The molecule has 0 unspecified atom stereocenters. The number of aliphatic hydroxyl groups is 1. The van der Waals surface area contributed by atoms with Crippen LogP contribution in [0.2, 0.25) is 0 Å². The second kappa shape index (κ2) is 13.7. The molecular formula is C12H25NO5S. The summed E-state index contributed by atoms with van der Waals surface area (Å²) < 4.78 is 30.7. The standard InChI is InChI=1S/C10H19NO.C2H6O4S/c1-3-5-10(6-4-2)9-11-7-8-12;1-2-6-7(3,4)5/h3-4,10-12H,1-2,5-9H2;2H2,1H3,(H,3,4,5). The van der Waals surface area contributed by atoms with Gasteiger partial charge in [-0.2, -0.15) is 8.42 Å². The topological polar surface area (TPSA) is 95.9 Å². The SMILES string of the molecule is C=CCC(CC=C)CNCCO.CCOS(=O)(=O)O. The molecule has 19 heavy (non-hydrogen) atoms. The zero-order chi connectivity index (χ0) is 15.1. The van der Waals surface area contributed by atoms with E-state index in [-0.39, 0.29) is 13.2 Å². The van der Waals surface area contributed by atoms with Gasteiger partial charge in [0.25, 0.3) is 0 Å². The lowest BCUT2D eigenvalue weighted by Gasteiger charge is -2.12. The van der Waals surface area contributed by atoms with Gasteiger partial charge in [0.1, 0.15) is 0 Å². The molecule has 3 N–H and O–H groups in total. The molecular weight excluding hydrogens is 270 g/mol. The average molecular weight is 295 g/mol. The molecule has 0 heterocycles. The van der Waals surface area contributed by atoms with Crippen molar-refractivity contribution in [1.82, 2.24) is 5.32 Å². The van der Waals surface area contributed by atoms with Gasteiger partial charge in [-0.1, -0.05) is 12.2 Å². The fourth-order valence-corrected chi connectivity index (χ4v) is 1.57. The van der Waals surface area contributed by atoms with Crippen LogP contribution >= 0.6 is 0 Å². The highest BCUT2D eigenvalue weighted by Crippen LogP contribution is 2.07. The first-order chi connectivity index (χ1) is 8.91. The molecule has 0 fully saturated rings. The second-order valence-corrected chi connectivity index (χ2v) is 4.77. The highest BCUT2D eigenvalue weighted by atomic mass is 32.3. The third kappa shape index (κ3) is 19.8. The molecule has 0 radical (unpaired) electrons. The predicted octanol–water partition coefficient (Wildman–Crippen LogP) is 1.16. The quantitative estimate of drug-likeness (QED) is 0.318. The maximum Gasteiger partial charge on any atom is 0.397 e. The van der Waals surface area contributed by atoms with E-state index in [2.05, 4.69) is 22.7 Å². The zero-order valence-electron chi connectivity index (χ0n) is 11.4. The monoisotopic (exact) mass is 295 g/mol. The van der Waals surface area contributed by atoms with Gasteiger partial charge in [-0.05, 0) is 32.2 Å². The van der Waals surface area contributed by atoms with E-state index in [1.54, 1.807) is 0 Å². The minimum absolute atomic E-state index is 0.0289. The van der Waals surface area contributed by atoms with Crippen molar-refractivity contribution < 1.29 is 22.3 Å². The van der Waals surface area contributed by atoms with Gasteiger partial charge in [-0.25, -0.2) is 4.18 Å². The first-order valence-electron chi connectivity index (χ1n) is 6.06. The molecule has 0 aromatic rings. The Labute approximate surface area is 116 Å². The van der Waals surface area contributed by atoms with Crippen molar-refractivity contribution in [2.24, 2.45) is 5.92 Å². The average Bonchev–Trinajstić information content (AvgIpc) is 2.29. The van der Waals surface area contributed by atoms with Gasteiger partial charge in [0.05, 0.1) is 13.2 Å². The van der Waals surface area contributed by atoms with Crippen molar-refractivity contribution in [3.05, 3.63) is 25.3 Å². The number of hydrogen-bond donors (Lipinski definition) is 3. The lowest BCUT2D eigenvalue weighted by Crippen LogP contribution is -2.25. The molecule has 0 atom stereocenters. The zero-order valence-corrected chi connectivity index (χ0v) is 12.2. The number of rotatable bonds is 10. The Kier molecular flexibility index (Phi) is 14.8. The van der Waals surface area contributed by atoms with Gasteiger partial charge >= 0.3 is 10.4 Å². The van der Waals surface area contributed by atoms with Gasteiger partial charge < -0.3 is 10.4 Å². The molecule has 0 aliphatic rings. The van der Waals surface area contributed by atoms with Crippen LogP contribution in [0.25, 0.3) is 0 Å². The predicted molar refractivity (Wildman–Crippen MR) is 76.2 cm³/mol. The largest absolute Gasteiger partial charge is 0.397 e. The normalized spacial score (nSPS) is 10.7. The number of aliphatic hydroxyl groups excluding tert-OH is 1. The lowest BCUT2D eigenvalue weighted by atomic mass is 10.0. The van der Waals surface area contributed by atoms with Crippen molar-refractivity contribution in [2.75, 3.05) is 26.3 Å². The Morgan fingerprint density at radius 3 is 2.11 bits per heavy atom. The van der Waals surface area contributed by atoms with E-state index in [1.807, 2.05) is 12.2 Å². The lowest BCUT2D eigenvalue weighted by molar-refractivity contribution is 0.283. The van der Waals surface area contributed by atoms with Crippen molar-refractivity contribution >= 4 is 10.4 Å². The van der Waals surface area contributed by atoms with Crippen molar-refractivity contribution in [1.29, 1.82) is 0 Å². The minimum atomic E-state index is -4.17. The van der Waals surface area contributed by atoms with Crippen molar-refractivity contribution in [3.63, 3.8) is 0 Å². The number of allylic oxidation sites excluding steroid dienone is 2. The Hall–Kier alpha value is -0.730. The molecule has 0 aliphatic heterocycles. The molecule has 0 aromatic heterocycles. The minimum Gasteiger partial charge on any atom is -0.395 e. The Balaban J connectivity index is 0. The molecule has 0 amide bonds. The van der Waals surface area contributed by atoms with E-state index in [1.165, 1.54) is 6.92 Å². The third-order valence-corrected chi connectivity index (χ3v) is 2.52. The summed E-state index contributed by atoms with van der Waals surface area (Å²) >= 11 is 0. The molecule has 0 aromatic carbocycles. The second-order valence-electron chi connectivity index (χ2n) is 3.68. The summed E-state index contributed by atoms with van der Waals surface area (Å²) in [4.78, 5) is 0. The first kappa shape index (κ1) is 20.6. The van der Waals surface area contributed by atoms with E-state index >= 15 is 0 Å². The molecule has 0 bridgehead atoms. The maximum atomic E-state index is 9.56. The van der Waals surface area contributed by atoms with Crippen LogP contribution in [0.3, 0.4) is 0 Å². The summed E-state index contributed by atoms with van der Waals surface area (Å²) in [6, 6.07) is 0. The molecule has 7 heteroatoms. The summed E-state index contributed by atoms with van der Waals surface area (Å²) in [5, 5.41) is 11.7. The van der Waals surface area contributed by atoms with Gasteiger partial charge in [0, 0.05) is 6.54 Å². The Morgan fingerprint density at radius 2 is 1.84 bits per heavy atom. The molecule has 0 saturated carbocycles. The van der Waals surface area contributed by atoms with E-state index in [0.29, 0.717) is 12.5 Å². The van der Waals surface area contributed by atoms with Crippen LogP contribution in [0.5, 0.6) is 0 Å². The molecule has 0 spiro atoms. The number of nitrogens with one attached hydrogen (secondary N) is 1. The Morgan fingerprint density at radius 1 is 1.32 bits per heavy atom. The fourth-order valence-electron chi connectivity index (χ4n) is 1.27. The molecule has 6 nitrogen and oxygen atoms in total. The molecule has 0 saturated heterocycles. The van der Waals surface area contributed by atoms with Crippen LogP contribution in [-0.4, -0.2) is 44.4 Å². The van der Waals surface area contributed by atoms with E-state index in [9.17, 15) is 8.42 Å². The van der Waals surface area contributed by atoms with Crippen LogP contribution < -0.4 is 5.32 Å². The van der Waals surface area contributed by atoms with Gasteiger partial charge in [-0.3, -0.25) is 4.55 Å². The fraction of sp³-hybridized carbons (Fsp3) is 0.667. The Bertz CT molecular complexity index is 306. The summed E-state index contributed by atoms with van der Waals surface area (Å²) in [5.74, 6) is 0.576. The van der Waals surface area contributed by atoms with Crippen LogP contribution in [0, 0.1) is 5.92 Å². The van der Waals surface area contributed by atoms with Gasteiger partial charge in [0.2, 0.25) is 0 Å². The third-order valence-electron chi connectivity index (χ3n) is 1.99. The summed E-state index contributed by atoms with van der Waals surface area (Å²) in [6.07, 6.45) is 5.86. The summed E-state index contributed by atoms with van der Waals surface area (Å²) in [6.45, 7) is 10.6. The maximum absolute atomic E-state index is 9.56. The van der Waals surface area contributed by atoms with Gasteiger partial charge in [0.15, 0.2) is 0 Å². The van der Waals surface area contributed by atoms with E-state index < -0.39 is 10.4 Å². The summed E-state index contributed by atoms with van der Waals surface area (Å²) in [5.41, 5.74) is 0. The highest BCUT2D eigenvalue weighted by Gasteiger charge is 2.02. The van der Waals surface area contributed by atoms with E-state index in [4.69, 9.17) is 9.66 Å². The first-order valence-corrected chi connectivity index (χ1v) is 7.42. The highest BCUT2D eigenvalue weighted by molar-refractivity contribution is 7.80. The smallest absolute Gasteiger partial charge is 0.395 e.